The van der Waals surface area contributed by atoms with E-state index in [1.807, 2.05) is 0 Å². The van der Waals surface area contributed by atoms with Gasteiger partial charge in [0.05, 0.1) is 16.5 Å². The molecule has 0 spiro atoms. The van der Waals surface area contributed by atoms with Crippen molar-refractivity contribution in [2.75, 3.05) is 0 Å². The van der Waals surface area contributed by atoms with E-state index in [4.69, 9.17) is 0 Å². The molecular formula is C10H14N2O4S. The molecule has 0 aromatic heterocycles. The quantitative estimate of drug-likeness (QED) is 0.680. The van der Waals surface area contributed by atoms with Crippen molar-refractivity contribution < 1.29 is 19.5 Å². The zero-order chi connectivity index (χ0) is 13.0. The number of rotatable bonds is 2. The number of carbonyl (C=O) groups excluding carboxylic acids is 2. The van der Waals surface area contributed by atoms with E-state index in [0.717, 1.165) is 0 Å². The zero-order valence-corrected chi connectivity index (χ0v) is 10.6. The Morgan fingerprint density at radius 1 is 1.53 bits per heavy atom. The van der Waals surface area contributed by atoms with Crippen LogP contribution in [0, 0.1) is 0 Å². The number of carboxylic acids is 1. The van der Waals surface area contributed by atoms with Gasteiger partial charge in [0, 0.05) is 6.92 Å². The van der Waals surface area contributed by atoms with E-state index < -0.39 is 22.3 Å². The van der Waals surface area contributed by atoms with Gasteiger partial charge in [-0.15, -0.1) is 11.8 Å². The van der Waals surface area contributed by atoms with Crippen LogP contribution in [0.2, 0.25) is 0 Å². The van der Waals surface area contributed by atoms with E-state index in [2.05, 4.69) is 5.32 Å². The summed E-state index contributed by atoms with van der Waals surface area (Å²) in [5.74, 6) is -1.88. The van der Waals surface area contributed by atoms with Gasteiger partial charge in [0.1, 0.15) is 0 Å². The number of nitrogens with zero attached hydrogens (tertiary/aromatic N) is 1. The number of carboxylic acid groups (broad SMARTS) is 1. The van der Waals surface area contributed by atoms with Gasteiger partial charge in [-0.3, -0.25) is 14.5 Å². The topological polar surface area (TPSA) is 86.7 Å². The Morgan fingerprint density at radius 3 is 2.53 bits per heavy atom. The van der Waals surface area contributed by atoms with Gasteiger partial charge in [-0.25, -0.2) is 4.79 Å². The number of hydrogen-bond acceptors (Lipinski definition) is 4. The Bertz CT molecular complexity index is 423. The summed E-state index contributed by atoms with van der Waals surface area (Å²) in [6, 6.07) is 0. The number of hydrogen-bond donors (Lipinski definition) is 2. The molecule has 1 unspecified atom stereocenters. The maximum absolute atomic E-state index is 11.6. The molecule has 0 aromatic carbocycles. The maximum atomic E-state index is 11.6. The molecule has 2 heterocycles. The van der Waals surface area contributed by atoms with Crippen LogP contribution in [0.5, 0.6) is 0 Å². The largest absolute Gasteiger partial charge is 0.478 e. The average Bonchev–Trinajstić information content (AvgIpc) is 2.30. The highest BCUT2D eigenvalue weighted by atomic mass is 32.2. The molecule has 2 atom stereocenters. The Morgan fingerprint density at radius 2 is 2.12 bits per heavy atom. The third-order valence-corrected chi connectivity index (χ3v) is 4.77. The minimum absolute atomic E-state index is 0.152. The lowest BCUT2D eigenvalue weighted by molar-refractivity contribution is -0.173. The fourth-order valence-corrected chi connectivity index (χ4v) is 4.17. The number of amides is 2. The first kappa shape index (κ1) is 12.2. The fraction of sp³-hybridized carbons (Fsp3) is 0.700. The van der Waals surface area contributed by atoms with Gasteiger partial charge in [-0.1, -0.05) is 0 Å². The first-order valence-corrected chi connectivity index (χ1v) is 6.12. The third kappa shape index (κ3) is 1.38. The second kappa shape index (κ2) is 3.38. The van der Waals surface area contributed by atoms with E-state index in [0.29, 0.717) is 6.42 Å². The molecule has 0 saturated carbocycles. The van der Waals surface area contributed by atoms with E-state index >= 15 is 0 Å². The molecule has 6 nitrogen and oxygen atoms in total. The fourth-order valence-electron chi connectivity index (χ4n) is 2.48. The van der Waals surface area contributed by atoms with Crippen molar-refractivity contribution in [3.8, 4) is 0 Å². The lowest BCUT2D eigenvalue weighted by Gasteiger charge is -2.46. The van der Waals surface area contributed by atoms with Crippen LogP contribution in [0.25, 0.3) is 0 Å². The molecule has 0 radical (unpaired) electrons. The molecule has 17 heavy (non-hydrogen) atoms. The molecule has 2 fully saturated rings. The number of carbonyl (C=O) groups is 3. The third-order valence-electron chi connectivity index (χ3n) is 3.24. The van der Waals surface area contributed by atoms with Crippen LogP contribution < -0.4 is 5.32 Å². The molecule has 2 N–H and O–H groups in total. The SMILES string of the molecule is CC(=O)NC1(C(=O)O)N2C(=O)C[C@H]2SC1(C)C. The lowest BCUT2D eigenvalue weighted by atomic mass is 9.90. The summed E-state index contributed by atoms with van der Waals surface area (Å²) in [6.07, 6.45) is 0.336. The van der Waals surface area contributed by atoms with E-state index in [-0.39, 0.29) is 11.3 Å². The Kier molecular flexibility index (Phi) is 2.43. The molecule has 2 saturated heterocycles. The van der Waals surface area contributed by atoms with Crippen molar-refractivity contribution >= 4 is 29.5 Å². The Labute approximate surface area is 103 Å². The summed E-state index contributed by atoms with van der Waals surface area (Å²) in [6.45, 7) is 4.71. The van der Waals surface area contributed by atoms with Gasteiger partial charge in [0.15, 0.2) is 0 Å². The van der Waals surface area contributed by atoms with Crippen LogP contribution in [-0.4, -0.2) is 43.6 Å². The van der Waals surface area contributed by atoms with E-state index in [9.17, 15) is 19.5 Å². The second-order valence-electron chi connectivity index (χ2n) is 4.75. The minimum atomic E-state index is -1.64. The Balaban J connectivity index is 2.50. The summed E-state index contributed by atoms with van der Waals surface area (Å²) < 4.78 is -0.763. The van der Waals surface area contributed by atoms with Crippen molar-refractivity contribution in [1.82, 2.24) is 10.2 Å². The van der Waals surface area contributed by atoms with Crippen molar-refractivity contribution in [3.63, 3.8) is 0 Å². The molecule has 0 aromatic rings. The summed E-state index contributed by atoms with van der Waals surface area (Å²) in [7, 11) is 0. The van der Waals surface area contributed by atoms with E-state index in [1.165, 1.54) is 23.6 Å². The molecule has 0 aliphatic carbocycles. The van der Waals surface area contributed by atoms with Gasteiger partial charge < -0.3 is 10.4 Å². The predicted molar refractivity (Wildman–Crippen MR) is 61.1 cm³/mol. The molecule has 2 amide bonds. The van der Waals surface area contributed by atoms with Crippen molar-refractivity contribution in [1.29, 1.82) is 0 Å². The highest BCUT2D eigenvalue weighted by Crippen LogP contribution is 2.55. The minimum Gasteiger partial charge on any atom is -0.478 e. The molecule has 7 heteroatoms. The van der Waals surface area contributed by atoms with Gasteiger partial charge >= 0.3 is 5.97 Å². The van der Waals surface area contributed by atoms with Crippen LogP contribution in [0.1, 0.15) is 27.2 Å². The molecule has 94 valence electrons. The number of nitrogens with one attached hydrogen (secondary N) is 1. The van der Waals surface area contributed by atoms with Gasteiger partial charge in [0.2, 0.25) is 17.5 Å². The highest BCUT2D eigenvalue weighted by Gasteiger charge is 2.70. The monoisotopic (exact) mass is 258 g/mol. The normalized spacial score (nSPS) is 33.9. The maximum Gasteiger partial charge on any atom is 0.352 e. The number of β-lactam (4-membered cyclic amide) rings is 1. The number of fused-ring (bicyclic) bond motifs is 1. The smallest absolute Gasteiger partial charge is 0.352 e. The first-order valence-electron chi connectivity index (χ1n) is 5.24. The van der Waals surface area contributed by atoms with Gasteiger partial charge in [-0.2, -0.15) is 0 Å². The van der Waals surface area contributed by atoms with Crippen LogP contribution in [0.15, 0.2) is 0 Å². The summed E-state index contributed by atoms with van der Waals surface area (Å²) >= 11 is 1.41. The number of thioether (sulfide) groups is 1. The number of aliphatic carboxylic acids is 1. The molecule has 0 bridgehead atoms. The Hall–Kier alpha value is -1.24. The molecule has 2 rings (SSSR count). The van der Waals surface area contributed by atoms with Gasteiger partial charge in [-0.05, 0) is 13.8 Å². The second-order valence-corrected chi connectivity index (χ2v) is 6.55. The lowest BCUT2D eigenvalue weighted by Crippen LogP contribution is -2.74. The van der Waals surface area contributed by atoms with Crippen LogP contribution in [0.3, 0.4) is 0 Å². The molecular weight excluding hydrogens is 244 g/mol. The van der Waals surface area contributed by atoms with Crippen molar-refractivity contribution in [2.24, 2.45) is 0 Å². The van der Waals surface area contributed by atoms with Crippen LogP contribution in [0.4, 0.5) is 0 Å². The summed E-state index contributed by atoms with van der Waals surface area (Å²) in [4.78, 5) is 35.7. The van der Waals surface area contributed by atoms with Crippen LogP contribution >= 0.6 is 11.8 Å². The summed E-state index contributed by atoms with van der Waals surface area (Å²) in [5, 5.41) is 11.8. The average molecular weight is 258 g/mol. The van der Waals surface area contributed by atoms with Crippen molar-refractivity contribution in [2.45, 2.75) is 43.0 Å². The van der Waals surface area contributed by atoms with Gasteiger partial charge in [0.25, 0.3) is 0 Å². The highest BCUT2D eigenvalue weighted by molar-refractivity contribution is 8.01. The summed E-state index contributed by atoms with van der Waals surface area (Å²) in [5.41, 5.74) is -1.64. The van der Waals surface area contributed by atoms with E-state index in [1.54, 1.807) is 13.8 Å². The predicted octanol–water partition coefficient (Wildman–Crippen LogP) is -0.0128. The molecule has 2 aliphatic heterocycles. The standard InChI is InChI=1S/C10H14N2O4S/c1-5(13)11-10(8(15)16)9(2,3)17-7-4-6(14)12(7)10/h7H,4H2,1-3H3,(H,11,13)(H,15,16)/t7-,10?/m1/s1. The zero-order valence-electron chi connectivity index (χ0n) is 9.81. The van der Waals surface area contributed by atoms with Crippen molar-refractivity contribution in [3.05, 3.63) is 0 Å². The molecule has 2 aliphatic rings. The van der Waals surface area contributed by atoms with Crippen LogP contribution in [-0.2, 0) is 14.4 Å². The first-order chi connectivity index (χ1) is 7.72.